The maximum Gasteiger partial charge on any atom is 0.172 e. The maximum atomic E-state index is 12.1. The molecule has 0 amide bonds. The molecule has 2 aliphatic carbocycles. The van der Waals surface area contributed by atoms with Gasteiger partial charge in [-0.1, -0.05) is 0 Å². The quantitative estimate of drug-likeness (QED) is 0.766. The summed E-state index contributed by atoms with van der Waals surface area (Å²) >= 11 is 0. The monoisotopic (exact) mass is 401 g/mol. The van der Waals surface area contributed by atoms with E-state index in [1.54, 1.807) is 0 Å². The molecule has 2 N–H and O–H groups in total. The molecular formula is C21H27N3O3S. The van der Waals surface area contributed by atoms with Gasteiger partial charge in [-0.15, -0.1) is 0 Å². The van der Waals surface area contributed by atoms with Crippen molar-refractivity contribution in [3.05, 3.63) is 34.6 Å². The summed E-state index contributed by atoms with van der Waals surface area (Å²) in [5, 5.41) is 4.94. The second-order valence-corrected chi connectivity index (χ2v) is 11.0. The van der Waals surface area contributed by atoms with Crippen LogP contribution in [0.1, 0.15) is 72.5 Å². The summed E-state index contributed by atoms with van der Waals surface area (Å²) in [7, 11) is -2.96. The first-order valence-electron chi connectivity index (χ1n) is 10.2. The van der Waals surface area contributed by atoms with Crippen LogP contribution in [0.4, 0.5) is 5.69 Å². The second kappa shape index (κ2) is 6.24. The third-order valence-corrected chi connectivity index (χ3v) is 7.95. The molecule has 0 spiro atoms. The molecular weight excluding hydrogens is 374 g/mol. The summed E-state index contributed by atoms with van der Waals surface area (Å²) in [5.41, 5.74) is 11.0. The Bertz CT molecular complexity index is 1030. The van der Waals surface area contributed by atoms with Gasteiger partial charge in [-0.2, -0.15) is 5.10 Å². The average molecular weight is 402 g/mol. The van der Waals surface area contributed by atoms with Gasteiger partial charge < -0.3 is 10.5 Å². The summed E-state index contributed by atoms with van der Waals surface area (Å²) in [6.45, 7) is 3.98. The number of hydrogen-bond acceptors (Lipinski definition) is 5. The second-order valence-electron chi connectivity index (χ2n) is 8.72. The first kappa shape index (κ1) is 18.0. The zero-order valence-corrected chi connectivity index (χ0v) is 17.3. The molecule has 6 nitrogen and oxygen atoms in total. The van der Waals surface area contributed by atoms with Gasteiger partial charge >= 0.3 is 0 Å². The lowest BCUT2D eigenvalue weighted by Crippen LogP contribution is -2.15. The van der Waals surface area contributed by atoms with Crippen molar-refractivity contribution in [2.45, 2.75) is 63.8 Å². The summed E-state index contributed by atoms with van der Waals surface area (Å²) in [4.78, 5) is 0. The Balaban J connectivity index is 1.59. The lowest BCUT2D eigenvalue weighted by molar-refractivity contribution is 0.452. The van der Waals surface area contributed by atoms with E-state index in [0.717, 1.165) is 65.4 Å². The van der Waals surface area contributed by atoms with Crippen molar-refractivity contribution >= 4 is 15.5 Å². The van der Waals surface area contributed by atoms with Crippen LogP contribution in [0.15, 0.2) is 12.1 Å². The van der Waals surface area contributed by atoms with E-state index in [0.29, 0.717) is 18.3 Å². The number of anilines is 1. The molecule has 0 bridgehead atoms. The van der Waals surface area contributed by atoms with E-state index in [-0.39, 0.29) is 17.5 Å². The van der Waals surface area contributed by atoms with Crippen LogP contribution in [0.25, 0.3) is 0 Å². The van der Waals surface area contributed by atoms with E-state index in [1.165, 1.54) is 0 Å². The Morgan fingerprint density at radius 2 is 1.71 bits per heavy atom. The standard InChI is InChI=1S/C21H27N3O3S/c1-12-9-17(10-13(2)18(12)22)27-21-19(14-3-4-14)23-24(20(21)15-5-6-15)16-7-8-28(25,26)11-16/h9-10,14-16H,3-8,11,22H2,1-2H3. The number of nitrogens with two attached hydrogens (primary N) is 1. The highest BCUT2D eigenvalue weighted by atomic mass is 32.2. The molecule has 1 saturated heterocycles. The molecule has 5 rings (SSSR count). The summed E-state index contributed by atoms with van der Waals surface area (Å²) in [6, 6.07) is 3.89. The molecule has 1 unspecified atom stereocenters. The Hall–Kier alpha value is -2.02. The minimum Gasteiger partial charge on any atom is -0.453 e. The highest BCUT2D eigenvalue weighted by molar-refractivity contribution is 7.91. The maximum absolute atomic E-state index is 12.1. The van der Waals surface area contributed by atoms with Gasteiger partial charge in [0.1, 0.15) is 11.4 Å². The largest absolute Gasteiger partial charge is 0.453 e. The van der Waals surface area contributed by atoms with Gasteiger partial charge in [0.05, 0.1) is 23.2 Å². The van der Waals surface area contributed by atoms with Crippen LogP contribution in [0, 0.1) is 13.8 Å². The molecule has 2 aromatic rings. The van der Waals surface area contributed by atoms with Crippen LogP contribution >= 0.6 is 0 Å². The fourth-order valence-electron chi connectivity index (χ4n) is 4.27. The van der Waals surface area contributed by atoms with Crippen molar-refractivity contribution in [2.75, 3.05) is 17.2 Å². The average Bonchev–Trinajstić information content (AvgIpc) is 3.55. The van der Waals surface area contributed by atoms with Crippen LogP contribution in [0.3, 0.4) is 0 Å². The van der Waals surface area contributed by atoms with Crippen molar-refractivity contribution < 1.29 is 13.2 Å². The lowest BCUT2D eigenvalue weighted by atomic mass is 10.1. The SMILES string of the molecule is Cc1cc(Oc2c(C3CC3)nn(C3CCS(=O)(=O)C3)c2C2CC2)cc(C)c1N. The number of aryl methyl sites for hydroxylation is 2. The van der Waals surface area contributed by atoms with Gasteiger partial charge in [0.25, 0.3) is 0 Å². The van der Waals surface area contributed by atoms with Crippen LogP contribution in [0.2, 0.25) is 0 Å². The van der Waals surface area contributed by atoms with Gasteiger partial charge in [0.2, 0.25) is 0 Å². The predicted octanol–water partition coefficient (Wildman–Crippen LogP) is 3.99. The fourth-order valence-corrected chi connectivity index (χ4v) is 5.96. The number of hydrogen-bond donors (Lipinski definition) is 1. The Morgan fingerprint density at radius 1 is 1.07 bits per heavy atom. The van der Waals surface area contributed by atoms with E-state index in [1.807, 2.05) is 30.7 Å². The molecule has 1 aromatic heterocycles. The van der Waals surface area contributed by atoms with E-state index in [2.05, 4.69) is 0 Å². The van der Waals surface area contributed by atoms with E-state index >= 15 is 0 Å². The topological polar surface area (TPSA) is 87.2 Å². The molecule has 7 heteroatoms. The fraction of sp³-hybridized carbons (Fsp3) is 0.571. The van der Waals surface area contributed by atoms with Gasteiger partial charge in [-0.25, -0.2) is 8.42 Å². The van der Waals surface area contributed by atoms with Crippen molar-refractivity contribution in [3.8, 4) is 11.5 Å². The number of sulfone groups is 1. The van der Waals surface area contributed by atoms with Crippen LogP contribution in [-0.2, 0) is 9.84 Å². The predicted molar refractivity (Wildman–Crippen MR) is 109 cm³/mol. The molecule has 1 atom stereocenters. The molecule has 150 valence electrons. The molecule has 2 saturated carbocycles. The first-order valence-corrected chi connectivity index (χ1v) is 12.0. The third-order valence-electron chi connectivity index (χ3n) is 6.20. The molecule has 1 aliphatic heterocycles. The highest BCUT2D eigenvalue weighted by Crippen LogP contribution is 2.53. The molecule has 3 fully saturated rings. The molecule has 1 aromatic carbocycles. The van der Waals surface area contributed by atoms with Crippen LogP contribution in [-0.4, -0.2) is 29.7 Å². The minimum atomic E-state index is -2.96. The Kier molecular flexibility index (Phi) is 4.02. The Morgan fingerprint density at radius 3 is 2.25 bits per heavy atom. The lowest BCUT2D eigenvalue weighted by Gasteiger charge is -2.15. The van der Waals surface area contributed by atoms with Gasteiger partial charge in [0.15, 0.2) is 15.6 Å². The molecule has 2 heterocycles. The number of ether oxygens (including phenoxy) is 1. The summed E-state index contributed by atoms with van der Waals surface area (Å²) in [6.07, 6.45) is 5.13. The van der Waals surface area contributed by atoms with Crippen molar-refractivity contribution in [1.29, 1.82) is 0 Å². The number of nitrogens with zero attached hydrogens (tertiary/aromatic N) is 2. The number of aromatic nitrogens is 2. The summed E-state index contributed by atoms with van der Waals surface area (Å²) in [5.74, 6) is 2.96. The smallest absolute Gasteiger partial charge is 0.172 e. The summed E-state index contributed by atoms with van der Waals surface area (Å²) < 4.78 is 32.6. The van der Waals surface area contributed by atoms with Crippen LogP contribution in [0.5, 0.6) is 11.5 Å². The van der Waals surface area contributed by atoms with Gasteiger partial charge in [-0.3, -0.25) is 4.68 Å². The normalized spacial score (nSPS) is 23.9. The minimum absolute atomic E-state index is 0.0645. The van der Waals surface area contributed by atoms with Gasteiger partial charge in [-0.05, 0) is 69.2 Å². The van der Waals surface area contributed by atoms with Crippen molar-refractivity contribution in [2.24, 2.45) is 0 Å². The highest BCUT2D eigenvalue weighted by Gasteiger charge is 2.42. The molecule has 3 aliphatic rings. The Labute approximate surface area is 166 Å². The van der Waals surface area contributed by atoms with E-state index < -0.39 is 9.84 Å². The zero-order valence-electron chi connectivity index (χ0n) is 16.4. The van der Waals surface area contributed by atoms with Gasteiger partial charge in [0, 0.05) is 17.5 Å². The number of benzene rings is 1. The number of rotatable bonds is 5. The van der Waals surface area contributed by atoms with Crippen molar-refractivity contribution in [3.63, 3.8) is 0 Å². The molecule has 28 heavy (non-hydrogen) atoms. The number of nitrogen functional groups attached to an aromatic ring is 1. The molecule has 0 radical (unpaired) electrons. The third kappa shape index (κ3) is 3.19. The van der Waals surface area contributed by atoms with Crippen molar-refractivity contribution in [1.82, 2.24) is 9.78 Å². The van der Waals surface area contributed by atoms with Crippen LogP contribution < -0.4 is 10.5 Å². The van der Waals surface area contributed by atoms with E-state index in [4.69, 9.17) is 15.6 Å². The zero-order chi connectivity index (χ0) is 19.6. The van der Waals surface area contributed by atoms with E-state index in [9.17, 15) is 8.42 Å². The first-order chi connectivity index (χ1) is 13.3.